The van der Waals surface area contributed by atoms with Crippen LogP contribution in [0.3, 0.4) is 0 Å². The number of rotatable bonds is 2. The molecule has 60 valence electrons. The number of nitrogens with zero attached hydrogens (tertiary/aromatic N) is 1. The van der Waals surface area contributed by atoms with Crippen molar-refractivity contribution in [3.05, 3.63) is 23.4 Å². The normalized spacial score (nSPS) is 12.3. The van der Waals surface area contributed by atoms with Crippen LogP contribution < -0.4 is 5.73 Å². The Morgan fingerprint density at radius 3 is 2.09 bits per heavy atom. The summed E-state index contributed by atoms with van der Waals surface area (Å²) in [6.45, 7) is 9.48. The van der Waals surface area contributed by atoms with E-state index >= 15 is 0 Å². The van der Waals surface area contributed by atoms with Gasteiger partial charge in [-0.1, -0.05) is 20.4 Å². The van der Waals surface area contributed by atoms with Crippen LogP contribution >= 0.6 is 0 Å². The molecule has 0 rings (SSSR count). The van der Waals surface area contributed by atoms with Gasteiger partial charge in [-0.25, -0.2) is 0 Å². The first-order valence-electron chi connectivity index (χ1n) is 3.56. The first-order valence-corrected chi connectivity index (χ1v) is 3.56. The topological polar surface area (TPSA) is 49.8 Å². The highest BCUT2D eigenvalue weighted by atomic mass is 14.6. The van der Waals surface area contributed by atoms with Gasteiger partial charge in [-0.3, -0.25) is 0 Å². The van der Waals surface area contributed by atoms with Gasteiger partial charge in [0.05, 0.1) is 5.57 Å². The van der Waals surface area contributed by atoms with Gasteiger partial charge in [-0.15, -0.1) is 0 Å². The molecule has 2 heteroatoms. The molecule has 0 spiro atoms. The smallest absolute Gasteiger partial charge is 0.101 e. The van der Waals surface area contributed by atoms with E-state index in [-0.39, 0.29) is 5.92 Å². The van der Waals surface area contributed by atoms with E-state index in [0.29, 0.717) is 11.3 Å². The lowest BCUT2D eigenvalue weighted by atomic mass is 9.97. The number of nitriles is 1. The minimum Gasteiger partial charge on any atom is -0.401 e. The summed E-state index contributed by atoms with van der Waals surface area (Å²) in [4.78, 5) is 0. The van der Waals surface area contributed by atoms with E-state index in [9.17, 15) is 0 Å². The maximum atomic E-state index is 8.67. The molecule has 0 aliphatic rings. The molecule has 0 bridgehead atoms. The molecule has 0 amide bonds. The summed E-state index contributed by atoms with van der Waals surface area (Å²) in [5, 5.41) is 8.67. The van der Waals surface area contributed by atoms with E-state index in [1.807, 2.05) is 19.9 Å². The van der Waals surface area contributed by atoms with Crippen LogP contribution in [0.1, 0.15) is 20.8 Å². The molecule has 0 atom stereocenters. The molecule has 0 aromatic heterocycles. The van der Waals surface area contributed by atoms with E-state index in [1.165, 1.54) is 0 Å². The van der Waals surface area contributed by atoms with Crippen molar-refractivity contribution in [1.29, 1.82) is 5.26 Å². The molecule has 11 heavy (non-hydrogen) atoms. The fourth-order valence-electron chi connectivity index (χ4n) is 0.702. The summed E-state index contributed by atoms with van der Waals surface area (Å²) < 4.78 is 0. The Morgan fingerprint density at radius 2 is 2.00 bits per heavy atom. The number of hydrogen-bond acceptors (Lipinski definition) is 2. The van der Waals surface area contributed by atoms with Crippen LogP contribution in [0.25, 0.3) is 0 Å². The summed E-state index contributed by atoms with van der Waals surface area (Å²) in [5.41, 5.74) is 7.37. The third-order valence-electron chi connectivity index (χ3n) is 1.52. The minimum atomic E-state index is 0.281. The fourth-order valence-corrected chi connectivity index (χ4v) is 0.702. The molecule has 0 aliphatic heterocycles. The Morgan fingerprint density at radius 1 is 1.55 bits per heavy atom. The molecule has 0 radical (unpaired) electrons. The van der Waals surface area contributed by atoms with E-state index in [1.54, 1.807) is 6.92 Å². The summed E-state index contributed by atoms with van der Waals surface area (Å²) >= 11 is 0. The predicted molar refractivity (Wildman–Crippen MR) is 46.5 cm³/mol. The molecular weight excluding hydrogens is 136 g/mol. The van der Waals surface area contributed by atoms with Gasteiger partial charge in [0, 0.05) is 5.70 Å². The van der Waals surface area contributed by atoms with Gasteiger partial charge >= 0.3 is 0 Å². The van der Waals surface area contributed by atoms with Crippen molar-refractivity contribution in [1.82, 2.24) is 0 Å². The van der Waals surface area contributed by atoms with Gasteiger partial charge in [0.1, 0.15) is 6.07 Å². The fraction of sp³-hybridized carbons (Fsp3) is 0.444. The van der Waals surface area contributed by atoms with Gasteiger partial charge < -0.3 is 5.73 Å². The second kappa shape index (κ2) is 3.82. The highest BCUT2D eigenvalue weighted by molar-refractivity contribution is 5.43. The Bertz CT molecular complexity index is 224. The van der Waals surface area contributed by atoms with Gasteiger partial charge in [0.2, 0.25) is 0 Å². The van der Waals surface area contributed by atoms with E-state index in [2.05, 4.69) is 6.58 Å². The van der Waals surface area contributed by atoms with Gasteiger partial charge in [-0.05, 0) is 18.4 Å². The summed E-state index contributed by atoms with van der Waals surface area (Å²) in [5.74, 6) is 0.281. The highest BCUT2D eigenvalue weighted by Crippen LogP contribution is 2.17. The molecule has 0 unspecified atom stereocenters. The van der Waals surface area contributed by atoms with Crippen LogP contribution in [-0.2, 0) is 0 Å². The zero-order valence-corrected chi connectivity index (χ0v) is 7.31. The van der Waals surface area contributed by atoms with E-state index in [0.717, 1.165) is 5.57 Å². The molecule has 0 fully saturated rings. The maximum Gasteiger partial charge on any atom is 0.101 e. The molecule has 0 aliphatic carbocycles. The first-order chi connectivity index (χ1) is 5.00. The van der Waals surface area contributed by atoms with Gasteiger partial charge in [0.15, 0.2) is 0 Å². The van der Waals surface area contributed by atoms with Crippen LogP contribution in [0.5, 0.6) is 0 Å². The van der Waals surface area contributed by atoms with Gasteiger partial charge in [-0.2, -0.15) is 5.26 Å². The minimum absolute atomic E-state index is 0.281. The molecule has 0 heterocycles. The van der Waals surface area contributed by atoms with Crippen LogP contribution in [-0.4, -0.2) is 0 Å². The molecule has 0 aromatic rings. The van der Waals surface area contributed by atoms with Crippen molar-refractivity contribution in [2.45, 2.75) is 20.8 Å². The quantitative estimate of drug-likeness (QED) is 0.483. The van der Waals surface area contributed by atoms with Crippen LogP contribution in [0.4, 0.5) is 0 Å². The van der Waals surface area contributed by atoms with E-state index in [4.69, 9.17) is 11.0 Å². The zero-order valence-electron chi connectivity index (χ0n) is 7.31. The third-order valence-corrected chi connectivity index (χ3v) is 1.52. The molecule has 2 nitrogen and oxygen atoms in total. The summed E-state index contributed by atoms with van der Waals surface area (Å²) in [6.07, 6.45) is 0. The van der Waals surface area contributed by atoms with E-state index < -0.39 is 0 Å². The second-order valence-electron chi connectivity index (χ2n) is 2.85. The van der Waals surface area contributed by atoms with Crippen molar-refractivity contribution in [3.63, 3.8) is 0 Å². The average Bonchev–Trinajstić information content (AvgIpc) is 1.88. The lowest BCUT2D eigenvalue weighted by Crippen LogP contribution is -2.02. The molecular formula is C9H14N2. The standard InChI is InChI=1S/C9H14N2/c1-6(2)7(3)9(5-10)8(4)11/h6H,3,11H2,1-2,4H3/b9-8-. The lowest BCUT2D eigenvalue weighted by molar-refractivity contribution is 0.784. The number of nitrogens with two attached hydrogens (primary N) is 1. The predicted octanol–water partition coefficient (Wildman–Crippen LogP) is 1.95. The average molecular weight is 150 g/mol. The van der Waals surface area contributed by atoms with Crippen molar-refractivity contribution in [2.75, 3.05) is 0 Å². The number of hydrogen-bond donors (Lipinski definition) is 1. The first kappa shape index (κ1) is 9.77. The van der Waals surface area contributed by atoms with Crippen molar-refractivity contribution in [2.24, 2.45) is 11.7 Å². The van der Waals surface area contributed by atoms with Crippen LogP contribution in [0.2, 0.25) is 0 Å². The largest absolute Gasteiger partial charge is 0.401 e. The third kappa shape index (κ3) is 2.46. The SMILES string of the molecule is C=C(/C(C#N)=C(/C)N)C(C)C. The van der Waals surface area contributed by atoms with Crippen molar-refractivity contribution >= 4 is 0 Å². The monoisotopic (exact) mass is 150 g/mol. The Kier molecular flexibility index (Phi) is 3.39. The second-order valence-corrected chi connectivity index (χ2v) is 2.85. The molecule has 2 N–H and O–H groups in total. The number of allylic oxidation sites excluding steroid dienone is 3. The summed E-state index contributed by atoms with van der Waals surface area (Å²) in [7, 11) is 0. The van der Waals surface area contributed by atoms with Gasteiger partial charge in [0.25, 0.3) is 0 Å². The Labute approximate surface area is 68.0 Å². The lowest BCUT2D eigenvalue weighted by Gasteiger charge is -2.08. The Hall–Kier alpha value is -1.23. The highest BCUT2D eigenvalue weighted by Gasteiger charge is 2.07. The summed E-state index contributed by atoms with van der Waals surface area (Å²) in [6, 6.07) is 2.04. The molecule has 0 saturated carbocycles. The maximum absolute atomic E-state index is 8.67. The molecule has 0 saturated heterocycles. The van der Waals surface area contributed by atoms with Crippen molar-refractivity contribution < 1.29 is 0 Å². The van der Waals surface area contributed by atoms with Crippen LogP contribution in [0.15, 0.2) is 23.4 Å². The Balaban J connectivity index is 4.73. The van der Waals surface area contributed by atoms with Crippen molar-refractivity contribution in [3.8, 4) is 6.07 Å². The molecule has 0 aromatic carbocycles. The van der Waals surface area contributed by atoms with Crippen LogP contribution in [0, 0.1) is 17.2 Å². The zero-order chi connectivity index (χ0) is 9.02.